The second-order valence-corrected chi connectivity index (χ2v) is 6.85. The molecule has 0 aliphatic heterocycles. The summed E-state index contributed by atoms with van der Waals surface area (Å²) in [6.07, 6.45) is 0.362. The second kappa shape index (κ2) is 7.63. The molecular weight excluding hydrogens is 300 g/mol. The fourth-order valence-electron chi connectivity index (χ4n) is 2.05. The summed E-state index contributed by atoms with van der Waals surface area (Å²) in [4.78, 5) is 26.2. The molecule has 1 aromatic carbocycles. The zero-order chi connectivity index (χ0) is 16.9. The maximum atomic E-state index is 12.3. The molecule has 1 atom stereocenters. The summed E-state index contributed by atoms with van der Waals surface area (Å²) < 4.78 is 0. The van der Waals surface area contributed by atoms with Gasteiger partial charge in [0, 0.05) is 23.5 Å². The minimum atomic E-state index is -0.526. The topological polar surface area (TPSA) is 49.4 Å². The molecule has 0 radical (unpaired) electrons. The van der Waals surface area contributed by atoms with Crippen molar-refractivity contribution in [3.63, 3.8) is 0 Å². The Kier molecular flexibility index (Phi) is 6.42. The fraction of sp³-hybridized carbons (Fsp3) is 0.529. The smallest absolute Gasteiger partial charge is 0.242 e. The van der Waals surface area contributed by atoms with E-state index in [1.54, 1.807) is 30.9 Å². The third-order valence-corrected chi connectivity index (χ3v) is 3.49. The van der Waals surface area contributed by atoms with E-state index in [0.29, 0.717) is 18.0 Å². The normalized spacial score (nSPS) is 12.6. The van der Waals surface area contributed by atoms with Gasteiger partial charge in [-0.2, -0.15) is 0 Å². The first kappa shape index (κ1) is 18.5. The van der Waals surface area contributed by atoms with Gasteiger partial charge in [0.2, 0.25) is 11.8 Å². The molecule has 0 heterocycles. The molecule has 5 heteroatoms. The largest absolute Gasteiger partial charge is 0.350 e. The lowest BCUT2D eigenvalue weighted by molar-refractivity contribution is -0.141. The van der Waals surface area contributed by atoms with Crippen LogP contribution in [0.1, 0.15) is 46.6 Å². The van der Waals surface area contributed by atoms with Gasteiger partial charge in [-0.1, -0.05) is 30.7 Å². The molecule has 2 amide bonds. The molecule has 0 bridgehead atoms. The van der Waals surface area contributed by atoms with Crippen LogP contribution in [0.2, 0.25) is 5.02 Å². The molecule has 0 saturated carbocycles. The van der Waals surface area contributed by atoms with Crippen LogP contribution in [-0.4, -0.2) is 28.3 Å². The number of benzene rings is 1. The van der Waals surface area contributed by atoms with E-state index in [4.69, 9.17) is 11.6 Å². The standard InChI is InChI=1S/C17H25ClN2O2/c1-6-15(21)20(11-13-7-9-14(18)10-8-13)12(2)16(22)19-17(3,4)5/h7-10,12H,6,11H2,1-5H3,(H,19,22)/t12-/m1/s1. The molecule has 22 heavy (non-hydrogen) atoms. The number of nitrogens with zero attached hydrogens (tertiary/aromatic N) is 1. The SMILES string of the molecule is CCC(=O)N(Cc1ccc(Cl)cc1)[C@H](C)C(=O)NC(C)(C)C. The molecule has 0 aliphatic carbocycles. The molecule has 0 aromatic heterocycles. The number of hydrogen-bond acceptors (Lipinski definition) is 2. The van der Waals surface area contributed by atoms with Gasteiger partial charge in [-0.25, -0.2) is 0 Å². The third kappa shape index (κ3) is 5.68. The third-order valence-electron chi connectivity index (χ3n) is 3.23. The van der Waals surface area contributed by atoms with E-state index in [0.717, 1.165) is 5.56 Å². The summed E-state index contributed by atoms with van der Waals surface area (Å²) in [5, 5.41) is 3.57. The number of amides is 2. The van der Waals surface area contributed by atoms with Crippen LogP contribution < -0.4 is 5.32 Å². The number of carbonyl (C=O) groups excluding carboxylic acids is 2. The summed E-state index contributed by atoms with van der Waals surface area (Å²) in [5.74, 6) is -0.199. The van der Waals surface area contributed by atoms with Gasteiger partial charge in [0.05, 0.1) is 0 Å². The van der Waals surface area contributed by atoms with Crippen LogP contribution in [0.5, 0.6) is 0 Å². The first-order chi connectivity index (χ1) is 10.1. The Morgan fingerprint density at radius 2 is 1.77 bits per heavy atom. The van der Waals surface area contributed by atoms with Gasteiger partial charge < -0.3 is 10.2 Å². The van der Waals surface area contributed by atoms with Crippen molar-refractivity contribution in [2.24, 2.45) is 0 Å². The van der Waals surface area contributed by atoms with Crippen LogP contribution in [0, 0.1) is 0 Å². The van der Waals surface area contributed by atoms with Crippen molar-refractivity contribution in [1.29, 1.82) is 0 Å². The quantitative estimate of drug-likeness (QED) is 0.902. The average molecular weight is 325 g/mol. The lowest BCUT2D eigenvalue weighted by Crippen LogP contribution is -2.52. The van der Waals surface area contributed by atoms with E-state index in [2.05, 4.69) is 5.32 Å². The van der Waals surface area contributed by atoms with Crippen molar-refractivity contribution in [3.8, 4) is 0 Å². The fourth-order valence-corrected chi connectivity index (χ4v) is 2.17. The zero-order valence-electron chi connectivity index (χ0n) is 13.9. The average Bonchev–Trinajstić information content (AvgIpc) is 2.43. The van der Waals surface area contributed by atoms with Crippen molar-refractivity contribution in [2.45, 2.75) is 59.2 Å². The minimum Gasteiger partial charge on any atom is -0.350 e. The van der Waals surface area contributed by atoms with Crippen molar-refractivity contribution in [2.75, 3.05) is 0 Å². The van der Waals surface area contributed by atoms with Crippen LogP contribution in [0.15, 0.2) is 24.3 Å². The minimum absolute atomic E-state index is 0.0495. The predicted octanol–water partition coefficient (Wildman–Crippen LogP) is 3.38. The van der Waals surface area contributed by atoms with Crippen LogP contribution in [-0.2, 0) is 16.1 Å². The van der Waals surface area contributed by atoms with Crippen molar-refractivity contribution >= 4 is 23.4 Å². The lowest BCUT2D eigenvalue weighted by atomic mass is 10.1. The number of nitrogens with one attached hydrogen (secondary N) is 1. The number of halogens is 1. The van der Waals surface area contributed by atoms with E-state index in [1.807, 2.05) is 32.9 Å². The Hall–Kier alpha value is -1.55. The monoisotopic (exact) mass is 324 g/mol. The first-order valence-corrected chi connectivity index (χ1v) is 7.87. The molecule has 0 fully saturated rings. The van der Waals surface area contributed by atoms with Gasteiger partial charge in [-0.05, 0) is 45.4 Å². The lowest BCUT2D eigenvalue weighted by Gasteiger charge is -2.31. The molecule has 1 rings (SSSR count). The van der Waals surface area contributed by atoms with Crippen LogP contribution in [0.25, 0.3) is 0 Å². The highest BCUT2D eigenvalue weighted by molar-refractivity contribution is 6.30. The van der Waals surface area contributed by atoms with E-state index in [-0.39, 0.29) is 17.4 Å². The summed E-state index contributed by atoms with van der Waals surface area (Å²) in [7, 11) is 0. The Morgan fingerprint density at radius 3 is 2.23 bits per heavy atom. The molecule has 122 valence electrons. The Balaban J connectivity index is 2.90. The van der Waals surface area contributed by atoms with Crippen LogP contribution in [0.4, 0.5) is 0 Å². The Morgan fingerprint density at radius 1 is 1.23 bits per heavy atom. The molecule has 0 spiro atoms. The number of carbonyl (C=O) groups is 2. The Labute approximate surface area is 137 Å². The first-order valence-electron chi connectivity index (χ1n) is 7.50. The summed E-state index contributed by atoms with van der Waals surface area (Å²) >= 11 is 5.88. The summed E-state index contributed by atoms with van der Waals surface area (Å²) in [6.45, 7) is 9.70. The summed E-state index contributed by atoms with van der Waals surface area (Å²) in [5.41, 5.74) is 0.619. The van der Waals surface area contributed by atoms with E-state index in [1.165, 1.54) is 0 Å². The van der Waals surface area contributed by atoms with Crippen molar-refractivity contribution < 1.29 is 9.59 Å². The highest BCUT2D eigenvalue weighted by atomic mass is 35.5. The molecule has 0 unspecified atom stereocenters. The van der Waals surface area contributed by atoms with Crippen LogP contribution in [0.3, 0.4) is 0 Å². The van der Waals surface area contributed by atoms with Gasteiger partial charge in [0.1, 0.15) is 6.04 Å². The van der Waals surface area contributed by atoms with Crippen LogP contribution >= 0.6 is 11.6 Å². The van der Waals surface area contributed by atoms with Gasteiger partial charge >= 0.3 is 0 Å². The van der Waals surface area contributed by atoms with E-state index >= 15 is 0 Å². The molecule has 1 N–H and O–H groups in total. The second-order valence-electron chi connectivity index (χ2n) is 6.42. The van der Waals surface area contributed by atoms with Crippen molar-refractivity contribution in [3.05, 3.63) is 34.9 Å². The maximum Gasteiger partial charge on any atom is 0.242 e. The maximum absolute atomic E-state index is 12.3. The highest BCUT2D eigenvalue weighted by Crippen LogP contribution is 2.15. The molecule has 0 saturated heterocycles. The number of rotatable bonds is 5. The summed E-state index contributed by atoms with van der Waals surface area (Å²) in [6, 6.07) is 6.78. The number of hydrogen-bond donors (Lipinski definition) is 1. The Bertz CT molecular complexity index is 520. The van der Waals surface area contributed by atoms with E-state index in [9.17, 15) is 9.59 Å². The van der Waals surface area contributed by atoms with Gasteiger partial charge in [0.25, 0.3) is 0 Å². The highest BCUT2D eigenvalue weighted by Gasteiger charge is 2.27. The van der Waals surface area contributed by atoms with E-state index < -0.39 is 6.04 Å². The molecule has 0 aliphatic rings. The van der Waals surface area contributed by atoms with Gasteiger partial charge in [-0.3, -0.25) is 9.59 Å². The molecule has 1 aromatic rings. The molecular formula is C17H25ClN2O2. The predicted molar refractivity (Wildman–Crippen MR) is 89.7 cm³/mol. The zero-order valence-corrected chi connectivity index (χ0v) is 14.7. The van der Waals surface area contributed by atoms with Gasteiger partial charge in [0.15, 0.2) is 0 Å². The van der Waals surface area contributed by atoms with Crippen molar-refractivity contribution in [1.82, 2.24) is 10.2 Å². The van der Waals surface area contributed by atoms with Gasteiger partial charge in [-0.15, -0.1) is 0 Å². The molecule has 4 nitrogen and oxygen atoms in total.